The third-order valence-electron chi connectivity index (χ3n) is 2.46. The number of nitrogens with zero attached hydrogens (tertiary/aromatic N) is 1. The van der Waals surface area contributed by atoms with Gasteiger partial charge < -0.3 is 5.32 Å². The molecule has 3 nitrogen and oxygen atoms in total. The topological polar surface area (TPSA) is 42.0 Å². The van der Waals surface area contributed by atoms with Gasteiger partial charge >= 0.3 is 0 Å². The quantitative estimate of drug-likeness (QED) is 0.926. The van der Waals surface area contributed by atoms with Crippen LogP contribution in [0.3, 0.4) is 0 Å². The summed E-state index contributed by atoms with van der Waals surface area (Å²) < 4.78 is 13.5. The van der Waals surface area contributed by atoms with Crippen molar-refractivity contribution in [2.45, 2.75) is 20.4 Å². The summed E-state index contributed by atoms with van der Waals surface area (Å²) in [7, 11) is 0. The van der Waals surface area contributed by atoms with E-state index >= 15 is 0 Å². The Hall–Kier alpha value is -1.75. The molecule has 2 aromatic rings. The van der Waals surface area contributed by atoms with Crippen LogP contribution in [0.2, 0.25) is 0 Å². The highest BCUT2D eigenvalue weighted by atomic mass is 32.1. The third kappa shape index (κ3) is 2.92. The monoisotopic (exact) mass is 264 g/mol. The van der Waals surface area contributed by atoms with Crippen molar-refractivity contribution in [2.24, 2.45) is 0 Å². The van der Waals surface area contributed by atoms with Crippen molar-refractivity contribution in [1.82, 2.24) is 10.3 Å². The van der Waals surface area contributed by atoms with Crippen molar-refractivity contribution >= 4 is 17.2 Å². The zero-order valence-corrected chi connectivity index (χ0v) is 11.0. The Morgan fingerprint density at radius 3 is 2.89 bits per heavy atom. The van der Waals surface area contributed by atoms with E-state index in [-0.39, 0.29) is 5.56 Å². The van der Waals surface area contributed by atoms with Crippen LogP contribution < -0.4 is 5.32 Å². The smallest absolute Gasteiger partial charge is 0.254 e. The maximum absolute atomic E-state index is 13.5. The largest absolute Gasteiger partial charge is 0.346 e. The zero-order valence-electron chi connectivity index (χ0n) is 10.2. The summed E-state index contributed by atoms with van der Waals surface area (Å²) in [6, 6.07) is 4.48. The standard InChI is InChI=1S/C13H13FN2OS/c1-8-3-4-12(14)11(5-8)13(17)15-6-10-7-18-9(2)16-10/h3-5,7H,6H2,1-2H3,(H,15,17). The van der Waals surface area contributed by atoms with Crippen LogP contribution in [-0.4, -0.2) is 10.9 Å². The minimum atomic E-state index is -0.507. The summed E-state index contributed by atoms with van der Waals surface area (Å²) in [4.78, 5) is 16.0. The summed E-state index contributed by atoms with van der Waals surface area (Å²) in [5, 5.41) is 5.48. The van der Waals surface area contributed by atoms with Gasteiger partial charge in [-0.3, -0.25) is 4.79 Å². The number of carbonyl (C=O) groups is 1. The predicted molar refractivity (Wildman–Crippen MR) is 69.2 cm³/mol. The van der Waals surface area contributed by atoms with Crippen molar-refractivity contribution in [3.63, 3.8) is 0 Å². The molecular formula is C13H13FN2OS. The number of thiazole rings is 1. The summed E-state index contributed by atoms with van der Waals surface area (Å²) in [6.45, 7) is 4.03. The molecule has 0 aliphatic carbocycles. The summed E-state index contributed by atoms with van der Waals surface area (Å²) in [5.41, 5.74) is 1.71. The van der Waals surface area contributed by atoms with E-state index in [0.717, 1.165) is 16.3 Å². The Morgan fingerprint density at radius 2 is 2.22 bits per heavy atom. The molecule has 5 heteroatoms. The fourth-order valence-corrected chi connectivity index (χ4v) is 2.18. The first kappa shape index (κ1) is 12.7. The molecule has 0 atom stereocenters. The second-order valence-corrected chi connectivity index (χ2v) is 5.09. The van der Waals surface area contributed by atoms with Gasteiger partial charge in [0, 0.05) is 5.38 Å². The molecule has 1 aromatic heterocycles. The molecule has 0 spiro atoms. The highest BCUT2D eigenvalue weighted by Crippen LogP contribution is 2.11. The number of nitrogens with one attached hydrogen (secondary N) is 1. The number of carbonyl (C=O) groups excluding carboxylic acids is 1. The number of hydrogen-bond acceptors (Lipinski definition) is 3. The Bertz CT molecular complexity index is 580. The minimum Gasteiger partial charge on any atom is -0.346 e. The zero-order chi connectivity index (χ0) is 13.1. The second-order valence-electron chi connectivity index (χ2n) is 4.02. The van der Waals surface area contributed by atoms with Gasteiger partial charge in [0.1, 0.15) is 5.82 Å². The lowest BCUT2D eigenvalue weighted by Gasteiger charge is -2.05. The normalized spacial score (nSPS) is 10.4. The van der Waals surface area contributed by atoms with Crippen molar-refractivity contribution in [3.8, 4) is 0 Å². The fraction of sp³-hybridized carbons (Fsp3) is 0.231. The molecule has 0 saturated carbocycles. The van der Waals surface area contributed by atoms with Crippen molar-refractivity contribution in [3.05, 3.63) is 51.2 Å². The van der Waals surface area contributed by atoms with Gasteiger partial charge in [0.25, 0.3) is 5.91 Å². The van der Waals surface area contributed by atoms with E-state index in [4.69, 9.17) is 0 Å². The average molecular weight is 264 g/mol. The van der Waals surface area contributed by atoms with Crippen LogP contribution in [-0.2, 0) is 6.54 Å². The number of benzene rings is 1. The van der Waals surface area contributed by atoms with E-state index in [1.54, 1.807) is 6.07 Å². The Kier molecular flexibility index (Phi) is 3.72. The van der Waals surface area contributed by atoms with Gasteiger partial charge in [0.2, 0.25) is 0 Å². The molecule has 0 saturated heterocycles. The highest BCUT2D eigenvalue weighted by molar-refractivity contribution is 7.09. The van der Waals surface area contributed by atoms with Gasteiger partial charge in [-0.2, -0.15) is 0 Å². The minimum absolute atomic E-state index is 0.0713. The molecule has 1 N–H and O–H groups in total. The lowest BCUT2D eigenvalue weighted by molar-refractivity contribution is 0.0946. The summed E-state index contributed by atoms with van der Waals surface area (Å²) in [6.07, 6.45) is 0. The van der Waals surface area contributed by atoms with Crippen LogP contribution in [0.4, 0.5) is 4.39 Å². The molecule has 0 aliphatic rings. The average Bonchev–Trinajstić information content (AvgIpc) is 2.75. The Balaban J connectivity index is 2.05. The maximum atomic E-state index is 13.5. The SMILES string of the molecule is Cc1ccc(F)c(C(=O)NCc2csc(C)n2)c1. The van der Waals surface area contributed by atoms with Crippen LogP contribution in [0, 0.1) is 19.7 Å². The van der Waals surface area contributed by atoms with Gasteiger partial charge in [-0.05, 0) is 26.0 Å². The Labute approximate surface area is 109 Å². The lowest BCUT2D eigenvalue weighted by atomic mass is 10.1. The number of rotatable bonds is 3. The van der Waals surface area contributed by atoms with Gasteiger partial charge in [-0.15, -0.1) is 11.3 Å². The molecule has 1 aromatic carbocycles. The van der Waals surface area contributed by atoms with Crippen LogP contribution in [0.15, 0.2) is 23.6 Å². The molecule has 1 heterocycles. The number of aryl methyl sites for hydroxylation is 2. The van der Waals surface area contributed by atoms with Crippen molar-refractivity contribution < 1.29 is 9.18 Å². The van der Waals surface area contributed by atoms with Gasteiger partial charge in [0.15, 0.2) is 0 Å². The first-order valence-corrected chi connectivity index (χ1v) is 6.39. The van der Waals surface area contributed by atoms with Crippen molar-refractivity contribution in [1.29, 1.82) is 0 Å². The number of hydrogen-bond donors (Lipinski definition) is 1. The molecule has 0 radical (unpaired) electrons. The van der Waals surface area contributed by atoms with E-state index in [2.05, 4.69) is 10.3 Å². The van der Waals surface area contributed by atoms with Gasteiger partial charge in [0.05, 0.1) is 22.8 Å². The van der Waals surface area contributed by atoms with Crippen LogP contribution >= 0.6 is 11.3 Å². The highest BCUT2D eigenvalue weighted by Gasteiger charge is 2.11. The molecule has 0 bridgehead atoms. The van der Waals surface area contributed by atoms with E-state index in [9.17, 15) is 9.18 Å². The number of amides is 1. The number of aromatic nitrogens is 1. The molecule has 94 valence electrons. The predicted octanol–water partition coefficient (Wildman–Crippen LogP) is 2.83. The van der Waals surface area contributed by atoms with Crippen LogP contribution in [0.5, 0.6) is 0 Å². The van der Waals surface area contributed by atoms with Crippen LogP contribution in [0.25, 0.3) is 0 Å². The summed E-state index contributed by atoms with van der Waals surface area (Å²) in [5.74, 6) is -0.922. The molecule has 1 amide bonds. The molecule has 2 rings (SSSR count). The van der Waals surface area contributed by atoms with E-state index in [1.165, 1.54) is 23.5 Å². The lowest BCUT2D eigenvalue weighted by Crippen LogP contribution is -2.24. The summed E-state index contributed by atoms with van der Waals surface area (Å²) >= 11 is 1.52. The van der Waals surface area contributed by atoms with Crippen LogP contribution in [0.1, 0.15) is 26.6 Å². The molecule has 0 aliphatic heterocycles. The first-order chi connectivity index (χ1) is 8.56. The third-order valence-corrected chi connectivity index (χ3v) is 3.29. The fourth-order valence-electron chi connectivity index (χ4n) is 1.57. The maximum Gasteiger partial charge on any atom is 0.254 e. The number of halogens is 1. The molecule has 0 fully saturated rings. The molecule has 0 unspecified atom stereocenters. The second kappa shape index (κ2) is 5.27. The van der Waals surface area contributed by atoms with E-state index < -0.39 is 11.7 Å². The molecule has 18 heavy (non-hydrogen) atoms. The van der Waals surface area contributed by atoms with Gasteiger partial charge in [-0.25, -0.2) is 9.37 Å². The first-order valence-electron chi connectivity index (χ1n) is 5.51. The Morgan fingerprint density at radius 1 is 1.44 bits per heavy atom. The van der Waals surface area contributed by atoms with E-state index in [0.29, 0.717) is 6.54 Å². The van der Waals surface area contributed by atoms with E-state index in [1.807, 2.05) is 19.2 Å². The van der Waals surface area contributed by atoms with Crippen molar-refractivity contribution in [2.75, 3.05) is 0 Å². The molecular weight excluding hydrogens is 251 g/mol. The van der Waals surface area contributed by atoms with Gasteiger partial charge in [-0.1, -0.05) is 11.6 Å².